The van der Waals surface area contributed by atoms with E-state index in [4.69, 9.17) is 0 Å². The molecule has 0 spiro atoms. The highest BCUT2D eigenvalue weighted by Gasteiger charge is 2.33. The lowest BCUT2D eigenvalue weighted by Crippen LogP contribution is -2.17. The maximum absolute atomic E-state index is 11.5. The van der Waals surface area contributed by atoms with Crippen molar-refractivity contribution >= 4 is 5.91 Å². The summed E-state index contributed by atoms with van der Waals surface area (Å²) in [5.74, 6) is -0.0840. The van der Waals surface area contributed by atoms with E-state index in [1.165, 1.54) is 25.7 Å². The molecule has 5 nitrogen and oxygen atoms in total. The molecule has 0 aliphatic heterocycles. The van der Waals surface area contributed by atoms with Gasteiger partial charge in [-0.3, -0.25) is 4.79 Å². The second kappa shape index (κ2) is 5.31. The molecule has 1 amide bonds. The minimum Gasteiger partial charge on any atom is -0.355 e. The van der Waals surface area contributed by atoms with Gasteiger partial charge in [0.25, 0.3) is 5.91 Å². The molecule has 1 N–H and O–H groups in total. The van der Waals surface area contributed by atoms with Crippen molar-refractivity contribution in [2.24, 2.45) is 0 Å². The summed E-state index contributed by atoms with van der Waals surface area (Å²) in [7, 11) is 1.63. The summed E-state index contributed by atoms with van der Waals surface area (Å²) < 4.78 is 1.78. The molecule has 0 saturated heterocycles. The van der Waals surface area contributed by atoms with E-state index in [-0.39, 0.29) is 11.3 Å². The summed E-state index contributed by atoms with van der Waals surface area (Å²) in [6.07, 6.45) is 6.91. The molecule has 1 aliphatic carbocycles. The van der Waals surface area contributed by atoms with Crippen LogP contribution < -0.4 is 5.32 Å². The second-order valence-electron chi connectivity index (χ2n) is 5.94. The number of nitrogens with one attached hydrogen (secondary N) is 1. The van der Waals surface area contributed by atoms with E-state index in [2.05, 4.69) is 22.6 Å². The maximum Gasteiger partial charge on any atom is 0.251 e. The predicted octanol–water partition coefficient (Wildman–Crippen LogP) is 2.46. The van der Waals surface area contributed by atoms with E-state index in [1.54, 1.807) is 23.9 Å². The third-order valence-electron chi connectivity index (χ3n) is 4.44. The molecule has 0 bridgehead atoms. The van der Waals surface area contributed by atoms with Gasteiger partial charge in [0.05, 0.1) is 17.6 Å². The van der Waals surface area contributed by atoms with Crippen LogP contribution in [0.2, 0.25) is 0 Å². The highest BCUT2D eigenvalue weighted by atomic mass is 16.1. The third kappa shape index (κ3) is 2.55. The Hall–Kier alpha value is -2.17. The summed E-state index contributed by atoms with van der Waals surface area (Å²) in [5.41, 5.74) is 2.79. The van der Waals surface area contributed by atoms with Crippen LogP contribution >= 0.6 is 0 Å². The second-order valence-corrected chi connectivity index (χ2v) is 5.94. The molecule has 1 aliphatic rings. The summed E-state index contributed by atoms with van der Waals surface area (Å²) in [4.78, 5) is 11.5. The maximum atomic E-state index is 11.5. The number of hydrogen-bond donors (Lipinski definition) is 1. The van der Waals surface area contributed by atoms with Crippen LogP contribution in [0.4, 0.5) is 0 Å². The Morgan fingerprint density at radius 2 is 1.90 bits per heavy atom. The van der Waals surface area contributed by atoms with Gasteiger partial charge in [0.1, 0.15) is 0 Å². The quantitative estimate of drug-likeness (QED) is 0.942. The SMILES string of the molecule is CNC(=O)c1ccc(-n2cc(C3(C)CCCC3)nn2)cc1. The van der Waals surface area contributed by atoms with Crippen molar-refractivity contribution in [1.29, 1.82) is 0 Å². The van der Waals surface area contributed by atoms with Crippen LogP contribution in [0.15, 0.2) is 30.5 Å². The number of benzene rings is 1. The molecular formula is C16H20N4O. The van der Waals surface area contributed by atoms with E-state index in [0.29, 0.717) is 5.56 Å². The molecule has 1 heterocycles. The number of hydrogen-bond acceptors (Lipinski definition) is 3. The molecule has 0 unspecified atom stereocenters. The van der Waals surface area contributed by atoms with Gasteiger partial charge in [-0.1, -0.05) is 25.0 Å². The molecule has 0 radical (unpaired) electrons. The van der Waals surface area contributed by atoms with Gasteiger partial charge in [0.2, 0.25) is 0 Å². The van der Waals surface area contributed by atoms with E-state index >= 15 is 0 Å². The summed E-state index contributed by atoms with van der Waals surface area (Å²) in [6.45, 7) is 2.27. The largest absolute Gasteiger partial charge is 0.355 e. The first kappa shape index (κ1) is 13.8. The number of carbonyl (C=O) groups excluding carboxylic acids is 1. The monoisotopic (exact) mass is 284 g/mol. The minimum absolute atomic E-state index is 0.0840. The summed E-state index contributed by atoms with van der Waals surface area (Å²) >= 11 is 0. The molecule has 21 heavy (non-hydrogen) atoms. The van der Waals surface area contributed by atoms with Crippen molar-refractivity contribution in [1.82, 2.24) is 20.3 Å². The Bertz CT molecular complexity index is 639. The molecule has 3 rings (SSSR count). The molecule has 1 aromatic heterocycles. The number of rotatable bonds is 3. The predicted molar refractivity (Wildman–Crippen MR) is 80.6 cm³/mol. The smallest absolute Gasteiger partial charge is 0.251 e. The zero-order valence-electron chi connectivity index (χ0n) is 12.5. The molecule has 2 aromatic rings. The van der Waals surface area contributed by atoms with Crippen LogP contribution in [0.25, 0.3) is 5.69 Å². The summed E-state index contributed by atoms with van der Waals surface area (Å²) in [5, 5.41) is 11.2. The Balaban J connectivity index is 1.84. The van der Waals surface area contributed by atoms with Gasteiger partial charge < -0.3 is 5.32 Å². The van der Waals surface area contributed by atoms with E-state index < -0.39 is 0 Å². The van der Waals surface area contributed by atoms with Crippen LogP contribution in [0, 0.1) is 0 Å². The lowest BCUT2D eigenvalue weighted by Gasteiger charge is -2.19. The highest BCUT2D eigenvalue weighted by molar-refractivity contribution is 5.94. The van der Waals surface area contributed by atoms with Crippen LogP contribution in [-0.4, -0.2) is 27.9 Å². The van der Waals surface area contributed by atoms with Gasteiger partial charge in [-0.05, 0) is 37.1 Å². The first-order chi connectivity index (χ1) is 10.1. The van der Waals surface area contributed by atoms with Gasteiger partial charge in [-0.15, -0.1) is 5.10 Å². The van der Waals surface area contributed by atoms with Gasteiger partial charge >= 0.3 is 0 Å². The van der Waals surface area contributed by atoms with Crippen molar-refractivity contribution in [3.05, 3.63) is 41.7 Å². The number of carbonyl (C=O) groups is 1. The number of aromatic nitrogens is 3. The molecular weight excluding hydrogens is 264 g/mol. The van der Waals surface area contributed by atoms with Crippen LogP contribution in [0.3, 0.4) is 0 Å². The average molecular weight is 284 g/mol. The third-order valence-corrected chi connectivity index (χ3v) is 4.44. The van der Waals surface area contributed by atoms with Crippen LogP contribution in [-0.2, 0) is 5.41 Å². The fraction of sp³-hybridized carbons (Fsp3) is 0.438. The Morgan fingerprint density at radius 1 is 1.24 bits per heavy atom. The average Bonchev–Trinajstić information content (AvgIpc) is 3.16. The van der Waals surface area contributed by atoms with Crippen molar-refractivity contribution in [2.75, 3.05) is 7.05 Å². The Kier molecular flexibility index (Phi) is 3.49. The minimum atomic E-state index is -0.0840. The first-order valence-electron chi connectivity index (χ1n) is 7.38. The van der Waals surface area contributed by atoms with Gasteiger partial charge in [-0.25, -0.2) is 4.68 Å². The van der Waals surface area contributed by atoms with Gasteiger partial charge in [0, 0.05) is 18.0 Å². The van der Waals surface area contributed by atoms with Crippen LogP contribution in [0.5, 0.6) is 0 Å². The normalized spacial score (nSPS) is 16.9. The zero-order valence-corrected chi connectivity index (χ0v) is 12.5. The number of nitrogens with zero attached hydrogens (tertiary/aromatic N) is 3. The van der Waals surface area contributed by atoms with Crippen molar-refractivity contribution in [3.63, 3.8) is 0 Å². The fourth-order valence-corrected chi connectivity index (χ4v) is 2.99. The van der Waals surface area contributed by atoms with Crippen molar-refractivity contribution < 1.29 is 4.79 Å². The Labute approximate surface area is 124 Å². The Morgan fingerprint density at radius 3 is 2.52 bits per heavy atom. The molecule has 5 heteroatoms. The van der Waals surface area contributed by atoms with E-state index in [9.17, 15) is 4.79 Å². The van der Waals surface area contributed by atoms with Crippen molar-refractivity contribution in [2.45, 2.75) is 38.0 Å². The first-order valence-corrected chi connectivity index (χ1v) is 7.38. The van der Waals surface area contributed by atoms with E-state index in [0.717, 1.165) is 11.4 Å². The van der Waals surface area contributed by atoms with Crippen LogP contribution in [0.1, 0.15) is 48.7 Å². The molecule has 1 aromatic carbocycles. The molecule has 1 saturated carbocycles. The highest BCUT2D eigenvalue weighted by Crippen LogP contribution is 2.39. The topological polar surface area (TPSA) is 59.8 Å². The molecule has 1 fully saturated rings. The zero-order chi connectivity index (χ0) is 14.9. The molecule has 0 atom stereocenters. The van der Waals surface area contributed by atoms with Gasteiger partial charge in [-0.2, -0.15) is 0 Å². The fourth-order valence-electron chi connectivity index (χ4n) is 2.99. The van der Waals surface area contributed by atoms with Crippen molar-refractivity contribution in [3.8, 4) is 5.69 Å². The molecule has 110 valence electrons. The number of amides is 1. The van der Waals surface area contributed by atoms with E-state index in [1.807, 2.05) is 18.3 Å². The van der Waals surface area contributed by atoms with Gasteiger partial charge in [0.15, 0.2) is 0 Å². The summed E-state index contributed by atoms with van der Waals surface area (Å²) in [6, 6.07) is 7.37. The standard InChI is InChI=1S/C16H20N4O/c1-16(9-3-4-10-16)14-11-20(19-18-14)13-7-5-12(6-8-13)15(21)17-2/h5-8,11H,3-4,9-10H2,1-2H3,(H,17,21). The lowest BCUT2D eigenvalue weighted by molar-refractivity contribution is 0.0963. The lowest BCUT2D eigenvalue weighted by atomic mass is 9.86.